The maximum atomic E-state index is 6.16. The summed E-state index contributed by atoms with van der Waals surface area (Å²) in [6.07, 6.45) is 3.82. The van der Waals surface area contributed by atoms with E-state index in [4.69, 9.17) is 8.83 Å². The van der Waals surface area contributed by atoms with Crippen molar-refractivity contribution in [1.82, 2.24) is 0 Å². The zero-order valence-corrected chi connectivity index (χ0v) is 38.4. The van der Waals surface area contributed by atoms with E-state index >= 15 is 0 Å². The number of para-hydroxylation sites is 2. The van der Waals surface area contributed by atoms with Crippen LogP contribution in [0.1, 0.15) is 63.8 Å². The average molecular weight is 849 g/mol. The van der Waals surface area contributed by atoms with Crippen LogP contribution in [-0.2, 0) is 10.8 Å². The Balaban J connectivity index is 1.16. The summed E-state index contributed by atoms with van der Waals surface area (Å²) in [5.74, 6) is 0. The Morgan fingerprint density at radius 1 is 0.500 bits per heavy atom. The van der Waals surface area contributed by atoms with Crippen LogP contribution in [0.4, 0.5) is 34.1 Å². The molecule has 4 nitrogen and oxygen atoms in total. The van der Waals surface area contributed by atoms with E-state index < -0.39 is 0 Å². The topological polar surface area (TPSA) is 32.8 Å². The number of hydrogen-bond donors (Lipinski definition) is 0. The van der Waals surface area contributed by atoms with Crippen molar-refractivity contribution in [1.29, 1.82) is 0 Å². The Morgan fingerprint density at radius 3 is 1.77 bits per heavy atom. The van der Waals surface area contributed by atoms with Crippen molar-refractivity contribution in [3.05, 3.63) is 174 Å². The van der Waals surface area contributed by atoms with Gasteiger partial charge in [0, 0.05) is 59.5 Å². The molecular weight excluding hydrogens is 800 g/mol. The smallest absolute Gasteiger partial charge is 0.264 e. The van der Waals surface area contributed by atoms with Crippen LogP contribution in [-0.4, -0.2) is 6.71 Å². The molecule has 2 aliphatic rings. The normalized spacial score (nSPS) is 13.5. The quantitative estimate of drug-likeness (QED) is 0.165. The minimum Gasteiger partial charge on any atom is -0.464 e. The SMILES string of the molecule is Cc1cc(C(C)(C)C)cc(C)c1N1c2cccc3c2B(c2ccc(-c4coc5ccccc45)cc2N3c2cccc(-c3coc4ccccc34)c2)c2sc3ccc(C(C)(C)C)cc3c21. The summed E-state index contributed by atoms with van der Waals surface area (Å²) in [5.41, 5.74) is 21.3. The van der Waals surface area contributed by atoms with Crippen LogP contribution in [0.15, 0.2) is 161 Å². The first kappa shape index (κ1) is 38.9. The van der Waals surface area contributed by atoms with Gasteiger partial charge in [0.1, 0.15) is 11.2 Å². The number of rotatable bonds is 4. The van der Waals surface area contributed by atoms with E-state index in [1.54, 1.807) is 0 Å². The Hall–Kier alpha value is -6.76. The molecule has 0 saturated carbocycles. The predicted molar refractivity (Wildman–Crippen MR) is 273 cm³/mol. The second-order valence-corrected chi connectivity index (χ2v) is 21.0. The summed E-state index contributed by atoms with van der Waals surface area (Å²) in [4.78, 5) is 5.15. The first-order valence-corrected chi connectivity index (χ1v) is 23.2. The number of benzene rings is 7. The van der Waals surface area contributed by atoms with Gasteiger partial charge in [0.2, 0.25) is 0 Å². The molecule has 0 bridgehead atoms. The molecule has 5 heterocycles. The van der Waals surface area contributed by atoms with Crippen LogP contribution >= 0.6 is 11.3 Å². The van der Waals surface area contributed by atoms with Crippen LogP contribution in [0, 0.1) is 13.8 Å². The number of thiophene rings is 1. The fraction of sp³-hybridized carbons (Fsp3) is 0.172. The van der Waals surface area contributed by atoms with Crippen molar-refractivity contribution in [3.63, 3.8) is 0 Å². The van der Waals surface area contributed by atoms with Gasteiger partial charge in [-0.05, 0) is 124 Å². The summed E-state index contributed by atoms with van der Waals surface area (Å²) in [5, 5.41) is 3.53. The van der Waals surface area contributed by atoms with Gasteiger partial charge in [-0.3, -0.25) is 0 Å². The van der Waals surface area contributed by atoms with Crippen LogP contribution in [0.3, 0.4) is 0 Å². The lowest BCUT2D eigenvalue weighted by Gasteiger charge is -2.44. The number of furan rings is 2. The molecule has 0 radical (unpaired) electrons. The molecule has 0 atom stereocenters. The molecule has 312 valence electrons. The number of anilines is 6. The number of fused-ring (bicyclic) bond motifs is 8. The Bertz CT molecular complexity index is 3510. The van der Waals surface area contributed by atoms with E-state index in [0.717, 1.165) is 49.9 Å². The van der Waals surface area contributed by atoms with Gasteiger partial charge in [0.15, 0.2) is 0 Å². The molecule has 0 unspecified atom stereocenters. The zero-order valence-electron chi connectivity index (χ0n) is 37.6. The molecular formula is C58H49BN2O2S. The van der Waals surface area contributed by atoms with E-state index in [9.17, 15) is 0 Å². The van der Waals surface area contributed by atoms with Crippen molar-refractivity contribution in [2.24, 2.45) is 0 Å². The number of aryl methyl sites for hydroxylation is 2. The minimum atomic E-state index is -0.00332. The molecule has 0 fully saturated rings. The molecule has 12 rings (SSSR count). The molecule has 0 saturated heterocycles. The number of nitrogens with zero attached hydrogens (tertiary/aromatic N) is 2. The van der Waals surface area contributed by atoms with E-state index in [1.807, 2.05) is 48.1 Å². The van der Waals surface area contributed by atoms with Gasteiger partial charge in [-0.15, -0.1) is 11.3 Å². The third kappa shape index (κ3) is 5.81. The zero-order chi connectivity index (χ0) is 43.8. The van der Waals surface area contributed by atoms with Crippen molar-refractivity contribution in [2.45, 2.75) is 66.2 Å². The molecule has 0 aliphatic carbocycles. The third-order valence-electron chi connectivity index (χ3n) is 13.7. The highest BCUT2D eigenvalue weighted by molar-refractivity contribution is 7.33. The average Bonchev–Trinajstić information content (AvgIpc) is 4.02. The Morgan fingerprint density at radius 2 is 1.11 bits per heavy atom. The summed E-state index contributed by atoms with van der Waals surface area (Å²) in [6.45, 7) is 18.5. The predicted octanol–water partition coefficient (Wildman–Crippen LogP) is 15.0. The fourth-order valence-electron chi connectivity index (χ4n) is 10.5. The maximum Gasteiger partial charge on any atom is 0.264 e. The highest BCUT2D eigenvalue weighted by atomic mass is 32.1. The summed E-state index contributed by atoms with van der Waals surface area (Å²) >= 11 is 1.96. The number of hydrogen-bond acceptors (Lipinski definition) is 5. The van der Waals surface area contributed by atoms with Gasteiger partial charge < -0.3 is 18.6 Å². The van der Waals surface area contributed by atoms with Crippen molar-refractivity contribution < 1.29 is 8.83 Å². The monoisotopic (exact) mass is 848 g/mol. The summed E-state index contributed by atoms with van der Waals surface area (Å²) < 4.78 is 14.9. The molecule has 0 spiro atoms. The molecule has 2 aliphatic heterocycles. The summed E-state index contributed by atoms with van der Waals surface area (Å²) in [6, 6.07) is 51.8. The minimum absolute atomic E-state index is 0.00332. The lowest BCUT2D eigenvalue weighted by molar-refractivity contribution is 0.589. The van der Waals surface area contributed by atoms with E-state index in [-0.39, 0.29) is 17.5 Å². The van der Waals surface area contributed by atoms with E-state index in [1.165, 1.54) is 76.5 Å². The lowest BCUT2D eigenvalue weighted by atomic mass is 9.36. The van der Waals surface area contributed by atoms with Gasteiger partial charge in [-0.2, -0.15) is 0 Å². The molecule has 7 aromatic carbocycles. The fourth-order valence-corrected chi connectivity index (χ4v) is 11.8. The van der Waals surface area contributed by atoms with E-state index in [0.29, 0.717) is 0 Å². The van der Waals surface area contributed by atoms with Crippen LogP contribution < -0.4 is 25.5 Å². The highest BCUT2D eigenvalue weighted by Crippen LogP contribution is 2.51. The second kappa shape index (κ2) is 13.9. The first-order chi connectivity index (χ1) is 30.8. The highest BCUT2D eigenvalue weighted by Gasteiger charge is 2.46. The molecule has 10 aromatic rings. The molecule has 64 heavy (non-hydrogen) atoms. The molecule has 0 amide bonds. The van der Waals surface area contributed by atoms with Crippen LogP contribution in [0.25, 0.3) is 54.3 Å². The molecule has 0 N–H and O–H groups in total. The lowest BCUT2D eigenvalue weighted by Crippen LogP contribution is -2.60. The second-order valence-electron chi connectivity index (χ2n) is 19.9. The maximum absolute atomic E-state index is 6.16. The van der Waals surface area contributed by atoms with Gasteiger partial charge in [0.05, 0.1) is 23.9 Å². The van der Waals surface area contributed by atoms with Crippen molar-refractivity contribution in [3.8, 4) is 22.3 Å². The molecule has 3 aromatic heterocycles. The van der Waals surface area contributed by atoms with Crippen molar-refractivity contribution in [2.75, 3.05) is 9.80 Å². The summed E-state index contributed by atoms with van der Waals surface area (Å²) in [7, 11) is 0. The largest absolute Gasteiger partial charge is 0.464 e. The van der Waals surface area contributed by atoms with E-state index in [2.05, 4.69) is 180 Å². The van der Waals surface area contributed by atoms with Crippen molar-refractivity contribution >= 4 is 99.9 Å². The van der Waals surface area contributed by atoms with Gasteiger partial charge in [0.25, 0.3) is 6.71 Å². The Kier molecular flexibility index (Phi) is 8.43. The Labute approximate surface area is 379 Å². The third-order valence-corrected chi connectivity index (χ3v) is 14.9. The standard InChI is InChI=1S/C58H49BN2O2S/c1-34-27-39(58(6,7)8)28-35(2)54(34)61-48-20-14-19-47-53(48)59(56-55(61)43-31-38(57(3,4)5)24-26-52(43)64-56)46-25-23-37(45-33-63-51-22-12-10-18-42(45)51)30-49(46)60(47)40-16-13-15-36(29-40)44-32-62-50-21-11-9-17-41(44)50/h9-33H,1-8H3. The first-order valence-electron chi connectivity index (χ1n) is 22.4. The van der Waals surface area contributed by atoms with Crippen LogP contribution in [0.5, 0.6) is 0 Å². The van der Waals surface area contributed by atoms with Gasteiger partial charge >= 0.3 is 0 Å². The van der Waals surface area contributed by atoms with Gasteiger partial charge in [-0.25, -0.2) is 0 Å². The van der Waals surface area contributed by atoms with Gasteiger partial charge in [-0.1, -0.05) is 126 Å². The van der Waals surface area contributed by atoms with Crippen LogP contribution in [0.2, 0.25) is 0 Å². The molecule has 6 heteroatoms.